The minimum atomic E-state index is -0.530. The SMILES string of the molecule is CCn1c(=O)c2ccccc2n2c(COc3ccc([N+](=O)[O-])cc3Cl)nnc12. The summed E-state index contributed by atoms with van der Waals surface area (Å²) < 4.78 is 9.01. The number of nitrogens with zero attached hydrogens (tertiary/aromatic N) is 5. The second-order valence-corrected chi connectivity index (χ2v) is 6.39. The molecule has 0 aliphatic rings. The topological polar surface area (TPSA) is 105 Å². The number of rotatable bonds is 5. The van der Waals surface area contributed by atoms with Crippen LogP contribution in [0, 0.1) is 10.1 Å². The molecule has 0 N–H and O–H groups in total. The zero-order chi connectivity index (χ0) is 19.8. The van der Waals surface area contributed by atoms with Crippen LogP contribution in [0.3, 0.4) is 0 Å². The normalized spacial score (nSPS) is 11.2. The van der Waals surface area contributed by atoms with Crippen LogP contribution >= 0.6 is 11.6 Å². The average Bonchev–Trinajstić information content (AvgIpc) is 3.11. The first-order valence-corrected chi connectivity index (χ1v) is 8.81. The van der Waals surface area contributed by atoms with Crippen molar-refractivity contribution in [2.45, 2.75) is 20.1 Å². The summed E-state index contributed by atoms with van der Waals surface area (Å²) in [5.41, 5.74) is 0.415. The molecule has 0 saturated carbocycles. The molecule has 4 aromatic rings. The summed E-state index contributed by atoms with van der Waals surface area (Å²) >= 11 is 6.08. The van der Waals surface area contributed by atoms with E-state index < -0.39 is 4.92 Å². The third-order valence-electron chi connectivity index (χ3n) is 4.37. The highest BCUT2D eigenvalue weighted by molar-refractivity contribution is 6.32. The first-order valence-electron chi connectivity index (χ1n) is 8.43. The van der Waals surface area contributed by atoms with Crippen molar-refractivity contribution in [1.82, 2.24) is 19.2 Å². The Labute approximate surface area is 162 Å². The number of fused-ring (bicyclic) bond motifs is 3. The summed E-state index contributed by atoms with van der Waals surface area (Å²) in [5, 5.41) is 19.8. The van der Waals surface area contributed by atoms with Gasteiger partial charge in [0.05, 0.1) is 20.8 Å². The van der Waals surface area contributed by atoms with E-state index in [1.807, 2.05) is 19.1 Å². The quantitative estimate of drug-likeness (QED) is 0.377. The van der Waals surface area contributed by atoms with Crippen LogP contribution in [0.1, 0.15) is 12.7 Å². The van der Waals surface area contributed by atoms with Gasteiger partial charge in [-0.15, -0.1) is 10.2 Å². The van der Waals surface area contributed by atoms with Gasteiger partial charge in [-0.2, -0.15) is 0 Å². The lowest BCUT2D eigenvalue weighted by Gasteiger charge is -2.10. The lowest BCUT2D eigenvalue weighted by atomic mass is 10.2. The third-order valence-corrected chi connectivity index (χ3v) is 4.67. The number of para-hydroxylation sites is 1. The Kier molecular flexibility index (Phi) is 4.44. The van der Waals surface area contributed by atoms with Gasteiger partial charge in [-0.3, -0.25) is 23.9 Å². The van der Waals surface area contributed by atoms with Gasteiger partial charge in [-0.05, 0) is 25.1 Å². The molecule has 0 aliphatic carbocycles. The molecule has 0 unspecified atom stereocenters. The molecule has 4 rings (SSSR count). The number of aryl methyl sites for hydroxylation is 1. The molecule has 0 amide bonds. The van der Waals surface area contributed by atoms with Crippen molar-refractivity contribution in [3.05, 3.63) is 73.8 Å². The fourth-order valence-electron chi connectivity index (χ4n) is 3.06. The summed E-state index contributed by atoms with van der Waals surface area (Å²) in [4.78, 5) is 23.0. The predicted molar refractivity (Wildman–Crippen MR) is 103 cm³/mol. The van der Waals surface area contributed by atoms with Crippen molar-refractivity contribution in [3.8, 4) is 5.75 Å². The molecule has 0 fully saturated rings. The van der Waals surface area contributed by atoms with Gasteiger partial charge in [-0.1, -0.05) is 23.7 Å². The number of non-ortho nitro benzene ring substituents is 1. The highest BCUT2D eigenvalue weighted by Gasteiger charge is 2.17. The van der Waals surface area contributed by atoms with E-state index in [0.29, 0.717) is 29.0 Å². The Morgan fingerprint density at radius 1 is 1.21 bits per heavy atom. The maximum Gasteiger partial charge on any atom is 0.271 e. The van der Waals surface area contributed by atoms with Gasteiger partial charge in [0.1, 0.15) is 12.4 Å². The number of benzene rings is 2. The fourth-order valence-corrected chi connectivity index (χ4v) is 3.28. The van der Waals surface area contributed by atoms with Gasteiger partial charge in [0.25, 0.3) is 11.2 Å². The van der Waals surface area contributed by atoms with Crippen LogP contribution < -0.4 is 10.3 Å². The van der Waals surface area contributed by atoms with E-state index in [9.17, 15) is 14.9 Å². The number of nitro benzene ring substituents is 1. The Morgan fingerprint density at radius 2 is 2.00 bits per heavy atom. The lowest BCUT2D eigenvalue weighted by molar-refractivity contribution is -0.384. The van der Waals surface area contributed by atoms with Crippen molar-refractivity contribution >= 4 is 34.0 Å². The maximum absolute atomic E-state index is 12.7. The van der Waals surface area contributed by atoms with Crippen LogP contribution in [0.4, 0.5) is 5.69 Å². The summed E-state index contributed by atoms with van der Waals surface area (Å²) in [6, 6.07) is 11.2. The van der Waals surface area contributed by atoms with E-state index in [2.05, 4.69) is 10.2 Å². The van der Waals surface area contributed by atoms with E-state index in [4.69, 9.17) is 16.3 Å². The Bertz CT molecular complexity index is 1280. The molecular weight excluding hydrogens is 386 g/mol. The van der Waals surface area contributed by atoms with E-state index in [1.54, 1.807) is 16.5 Å². The number of hydrogen-bond donors (Lipinski definition) is 0. The summed E-state index contributed by atoms with van der Waals surface area (Å²) in [6.45, 7) is 2.32. The Morgan fingerprint density at radius 3 is 2.71 bits per heavy atom. The standard InChI is InChI=1S/C18H14ClN5O4/c1-2-22-17(25)12-5-3-4-6-14(12)23-16(20-21-18(22)23)10-28-15-8-7-11(24(26)27)9-13(15)19/h3-9H,2,10H2,1H3. The van der Waals surface area contributed by atoms with Crippen LogP contribution in [0.5, 0.6) is 5.75 Å². The third kappa shape index (κ3) is 2.85. The zero-order valence-electron chi connectivity index (χ0n) is 14.7. The van der Waals surface area contributed by atoms with Crippen molar-refractivity contribution in [1.29, 1.82) is 0 Å². The molecule has 142 valence electrons. The highest BCUT2D eigenvalue weighted by Crippen LogP contribution is 2.29. The molecule has 0 atom stereocenters. The summed E-state index contributed by atoms with van der Waals surface area (Å²) in [5.74, 6) is 1.18. The molecule has 9 nitrogen and oxygen atoms in total. The smallest absolute Gasteiger partial charge is 0.271 e. The zero-order valence-corrected chi connectivity index (χ0v) is 15.5. The summed E-state index contributed by atoms with van der Waals surface area (Å²) in [7, 11) is 0. The van der Waals surface area contributed by atoms with Crippen LogP contribution in [0.25, 0.3) is 16.7 Å². The van der Waals surface area contributed by atoms with Crippen LogP contribution in [0.2, 0.25) is 5.02 Å². The maximum atomic E-state index is 12.7. The molecule has 0 bridgehead atoms. The van der Waals surface area contributed by atoms with Gasteiger partial charge in [-0.25, -0.2) is 0 Å². The second-order valence-electron chi connectivity index (χ2n) is 5.98. The van der Waals surface area contributed by atoms with Gasteiger partial charge >= 0.3 is 0 Å². The number of aromatic nitrogens is 4. The summed E-state index contributed by atoms with van der Waals surface area (Å²) in [6.07, 6.45) is 0. The average molecular weight is 400 g/mol. The van der Waals surface area contributed by atoms with Crippen LogP contribution in [-0.2, 0) is 13.2 Å². The van der Waals surface area contributed by atoms with Gasteiger partial charge in [0.15, 0.2) is 5.82 Å². The van der Waals surface area contributed by atoms with Crippen molar-refractivity contribution in [3.63, 3.8) is 0 Å². The van der Waals surface area contributed by atoms with Crippen LogP contribution in [-0.4, -0.2) is 24.1 Å². The number of hydrogen-bond acceptors (Lipinski definition) is 6. The number of nitro groups is 1. The van der Waals surface area contributed by atoms with E-state index in [0.717, 1.165) is 0 Å². The molecule has 2 aromatic carbocycles. The van der Waals surface area contributed by atoms with Gasteiger partial charge in [0, 0.05) is 18.7 Å². The minimum Gasteiger partial charge on any atom is -0.484 e. The first kappa shape index (κ1) is 17.9. The largest absolute Gasteiger partial charge is 0.484 e. The van der Waals surface area contributed by atoms with Gasteiger partial charge in [0.2, 0.25) is 5.78 Å². The predicted octanol–water partition coefficient (Wildman–Crippen LogP) is 3.20. The van der Waals surface area contributed by atoms with E-state index >= 15 is 0 Å². The van der Waals surface area contributed by atoms with Crippen molar-refractivity contribution in [2.75, 3.05) is 0 Å². The molecule has 0 radical (unpaired) electrons. The molecule has 0 spiro atoms. The monoisotopic (exact) mass is 399 g/mol. The molecule has 0 aliphatic heterocycles. The lowest BCUT2D eigenvalue weighted by Crippen LogP contribution is -2.22. The van der Waals surface area contributed by atoms with E-state index in [-0.39, 0.29) is 28.6 Å². The second kappa shape index (κ2) is 6.93. The number of halogens is 1. The molecule has 10 heteroatoms. The fraction of sp³-hybridized carbons (Fsp3) is 0.167. The molecular formula is C18H14ClN5O4. The first-order chi connectivity index (χ1) is 13.5. The van der Waals surface area contributed by atoms with Crippen LogP contribution in [0.15, 0.2) is 47.3 Å². The van der Waals surface area contributed by atoms with Crippen molar-refractivity contribution < 1.29 is 9.66 Å². The molecule has 0 saturated heterocycles. The highest BCUT2D eigenvalue weighted by atomic mass is 35.5. The molecule has 28 heavy (non-hydrogen) atoms. The van der Waals surface area contributed by atoms with Gasteiger partial charge < -0.3 is 4.74 Å². The van der Waals surface area contributed by atoms with E-state index in [1.165, 1.54) is 22.8 Å². The number of ether oxygens (including phenoxy) is 1. The van der Waals surface area contributed by atoms with Crippen molar-refractivity contribution in [2.24, 2.45) is 0 Å². The Balaban J connectivity index is 1.77. The minimum absolute atomic E-state index is 0.0185. The Hall–Kier alpha value is -3.46. The molecule has 2 aromatic heterocycles. The molecule has 2 heterocycles.